The van der Waals surface area contributed by atoms with Crippen LogP contribution in [-0.4, -0.2) is 46.7 Å². The summed E-state index contributed by atoms with van der Waals surface area (Å²) in [6.07, 6.45) is 4.65. The Morgan fingerprint density at radius 2 is 2.33 bits per heavy atom. The summed E-state index contributed by atoms with van der Waals surface area (Å²) in [6.45, 7) is 3.29. The van der Waals surface area contributed by atoms with E-state index >= 15 is 0 Å². The first-order chi connectivity index (χ1) is 8.54. The largest absolute Gasteiger partial charge is 0.506 e. The van der Waals surface area contributed by atoms with Gasteiger partial charge in [0, 0.05) is 26.4 Å². The Hall–Kier alpha value is -1.62. The van der Waals surface area contributed by atoms with Crippen LogP contribution in [0.3, 0.4) is 0 Å². The summed E-state index contributed by atoms with van der Waals surface area (Å²) < 4.78 is 5.46. The van der Waals surface area contributed by atoms with Gasteiger partial charge in [-0.25, -0.2) is 0 Å². The van der Waals surface area contributed by atoms with Crippen LogP contribution in [0.5, 0.6) is 5.75 Å². The molecule has 2 heterocycles. The van der Waals surface area contributed by atoms with E-state index in [1.165, 1.54) is 18.5 Å². The molecule has 0 aromatic carbocycles. The van der Waals surface area contributed by atoms with Gasteiger partial charge in [-0.3, -0.25) is 9.78 Å². The fourth-order valence-electron chi connectivity index (χ4n) is 2.27. The number of nitrogens with zero attached hydrogens (tertiary/aromatic N) is 2. The van der Waals surface area contributed by atoms with Crippen molar-refractivity contribution in [3.05, 3.63) is 24.0 Å². The van der Waals surface area contributed by atoms with Crippen LogP contribution in [0, 0.1) is 0 Å². The molecule has 2 rings (SSSR count). The lowest BCUT2D eigenvalue weighted by molar-refractivity contribution is -0.0440. The molecule has 1 fully saturated rings. The standard InChI is InChI=1S/C13H18N2O3/c1-13(18-2)4-3-5-15(9-13)12(17)10-6-11(16)8-14-7-10/h6-8,16H,3-5,9H2,1-2H3. The van der Waals surface area contributed by atoms with Crippen LogP contribution in [-0.2, 0) is 4.74 Å². The number of rotatable bonds is 2. The second kappa shape index (κ2) is 4.94. The SMILES string of the molecule is COC1(C)CCCN(C(=O)c2cncc(O)c2)C1. The first kappa shape index (κ1) is 12.8. The molecule has 0 spiro atoms. The minimum Gasteiger partial charge on any atom is -0.506 e. The number of aromatic nitrogens is 1. The van der Waals surface area contributed by atoms with Crippen molar-refractivity contribution in [1.29, 1.82) is 0 Å². The number of hydrogen-bond donors (Lipinski definition) is 1. The average Bonchev–Trinajstić information content (AvgIpc) is 2.38. The molecule has 0 radical (unpaired) electrons. The monoisotopic (exact) mass is 250 g/mol. The molecule has 1 amide bonds. The summed E-state index contributed by atoms with van der Waals surface area (Å²) in [5.41, 5.74) is 0.133. The molecule has 1 N–H and O–H groups in total. The lowest BCUT2D eigenvalue weighted by Gasteiger charge is -2.39. The van der Waals surface area contributed by atoms with E-state index in [1.807, 2.05) is 6.92 Å². The van der Waals surface area contributed by atoms with Crippen LogP contribution >= 0.6 is 0 Å². The van der Waals surface area contributed by atoms with E-state index in [0.29, 0.717) is 18.7 Å². The third-order valence-corrected chi connectivity index (χ3v) is 3.41. The molecule has 1 unspecified atom stereocenters. The molecule has 1 atom stereocenters. The maximum Gasteiger partial charge on any atom is 0.255 e. The number of aromatic hydroxyl groups is 1. The summed E-state index contributed by atoms with van der Waals surface area (Å²) in [6, 6.07) is 1.44. The predicted molar refractivity (Wildman–Crippen MR) is 66.5 cm³/mol. The molecule has 0 aliphatic carbocycles. The molecule has 18 heavy (non-hydrogen) atoms. The topological polar surface area (TPSA) is 62.7 Å². The summed E-state index contributed by atoms with van der Waals surface area (Å²) in [4.78, 5) is 17.9. The number of hydrogen-bond acceptors (Lipinski definition) is 4. The number of ether oxygens (including phenoxy) is 1. The summed E-state index contributed by atoms with van der Waals surface area (Å²) in [5, 5.41) is 9.35. The Morgan fingerprint density at radius 3 is 3.00 bits per heavy atom. The van der Waals surface area contributed by atoms with Gasteiger partial charge >= 0.3 is 0 Å². The smallest absolute Gasteiger partial charge is 0.255 e. The Morgan fingerprint density at radius 1 is 1.56 bits per heavy atom. The first-order valence-corrected chi connectivity index (χ1v) is 6.02. The van der Waals surface area contributed by atoms with E-state index in [1.54, 1.807) is 12.0 Å². The molecule has 1 aliphatic heterocycles. The molecular formula is C13H18N2O3. The quantitative estimate of drug-likeness (QED) is 0.862. The zero-order valence-electron chi connectivity index (χ0n) is 10.7. The molecule has 1 saturated heterocycles. The first-order valence-electron chi connectivity index (χ1n) is 6.02. The van der Waals surface area contributed by atoms with Crippen LogP contribution in [0.2, 0.25) is 0 Å². The Kier molecular flexibility index (Phi) is 3.52. The number of pyridine rings is 1. The van der Waals surface area contributed by atoms with Crippen molar-refractivity contribution >= 4 is 5.91 Å². The molecule has 0 saturated carbocycles. The maximum absolute atomic E-state index is 12.3. The van der Waals surface area contributed by atoms with Crippen LogP contribution in [0.4, 0.5) is 0 Å². The van der Waals surface area contributed by atoms with Crippen LogP contribution < -0.4 is 0 Å². The van der Waals surface area contributed by atoms with Crippen molar-refractivity contribution in [3.8, 4) is 5.75 Å². The van der Waals surface area contributed by atoms with Crippen molar-refractivity contribution in [3.63, 3.8) is 0 Å². The minimum atomic E-state index is -0.280. The molecule has 1 aromatic heterocycles. The van der Waals surface area contributed by atoms with E-state index in [9.17, 15) is 9.90 Å². The highest BCUT2D eigenvalue weighted by molar-refractivity contribution is 5.94. The van der Waals surface area contributed by atoms with Crippen molar-refractivity contribution in [1.82, 2.24) is 9.88 Å². The van der Waals surface area contributed by atoms with Crippen molar-refractivity contribution in [2.75, 3.05) is 20.2 Å². The van der Waals surface area contributed by atoms with Gasteiger partial charge in [-0.2, -0.15) is 0 Å². The van der Waals surface area contributed by atoms with E-state index < -0.39 is 0 Å². The lowest BCUT2D eigenvalue weighted by atomic mass is 9.94. The second-order valence-electron chi connectivity index (χ2n) is 4.92. The van der Waals surface area contributed by atoms with Crippen molar-refractivity contribution in [2.45, 2.75) is 25.4 Å². The number of carbonyl (C=O) groups is 1. The van der Waals surface area contributed by atoms with Gasteiger partial charge in [0.05, 0.1) is 17.4 Å². The highest BCUT2D eigenvalue weighted by Gasteiger charge is 2.33. The van der Waals surface area contributed by atoms with Gasteiger partial charge < -0.3 is 14.7 Å². The summed E-state index contributed by atoms with van der Waals surface area (Å²) in [5.74, 6) is -0.103. The highest BCUT2D eigenvalue weighted by atomic mass is 16.5. The molecule has 98 valence electrons. The van der Waals surface area contributed by atoms with E-state index in [-0.39, 0.29) is 17.3 Å². The molecule has 5 nitrogen and oxygen atoms in total. The fourth-order valence-corrected chi connectivity index (χ4v) is 2.27. The van der Waals surface area contributed by atoms with E-state index in [2.05, 4.69) is 4.98 Å². The van der Waals surface area contributed by atoms with E-state index in [0.717, 1.165) is 12.8 Å². The third kappa shape index (κ3) is 2.61. The number of methoxy groups -OCH3 is 1. The van der Waals surface area contributed by atoms with Gasteiger partial charge in [0.25, 0.3) is 5.91 Å². The Labute approximate surface area is 106 Å². The van der Waals surface area contributed by atoms with Gasteiger partial charge in [0.15, 0.2) is 0 Å². The third-order valence-electron chi connectivity index (χ3n) is 3.41. The number of amides is 1. The van der Waals surface area contributed by atoms with Gasteiger partial charge in [-0.15, -0.1) is 0 Å². The van der Waals surface area contributed by atoms with Crippen LogP contribution in [0.15, 0.2) is 18.5 Å². The molecular weight excluding hydrogens is 232 g/mol. The lowest BCUT2D eigenvalue weighted by Crippen LogP contribution is -2.49. The van der Waals surface area contributed by atoms with Crippen LogP contribution in [0.25, 0.3) is 0 Å². The Balaban J connectivity index is 2.14. The minimum absolute atomic E-state index is 0.00682. The number of likely N-dealkylation sites (tertiary alicyclic amines) is 1. The molecule has 0 bridgehead atoms. The average molecular weight is 250 g/mol. The Bertz CT molecular complexity index is 450. The molecule has 1 aliphatic rings. The zero-order chi connectivity index (χ0) is 13.2. The van der Waals surface area contributed by atoms with Crippen molar-refractivity contribution < 1.29 is 14.6 Å². The number of carbonyl (C=O) groups excluding carboxylic acids is 1. The number of piperidine rings is 1. The van der Waals surface area contributed by atoms with Gasteiger partial charge in [-0.05, 0) is 25.8 Å². The van der Waals surface area contributed by atoms with E-state index in [4.69, 9.17) is 4.74 Å². The van der Waals surface area contributed by atoms with Crippen LogP contribution in [0.1, 0.15) is 30.1 Å². The van der Waals surface area contributed by atoms with Gasteiger partial charge in [0.1, 0.15) is 5.75 Å². The molecule has 1 aromatic rings. The normalized spacial score (nSPS) is 24.0. The predicted octanol–water partition coefficient (Wildman–Crippen LogP) is 1.43. The second-order valence-corrected chi connectivity index (χ2v) is 4.92. The molecule has 5 heteroatoms. The van der Waals surface area contributed by atoms with Gasteiger partial charge in [0.2, 0.25) is 0 Å². The summed E-state index contributed by atoms with van der Waals surface area (Å²) >= 11 is 0. The maximum atomic E-state index is 12.3. The van der Waals surface area contributed by atoms with Gasteiger partial charge in [-0.1, -0.05) is 0 Å². The fraction of sp³-hybridized carbons (Fsp3) is 0.538. The highest BCUT2D eigenvalue weighted by Crippen LogP contribution is 2.25. The van der Waals surface area contributed by atoms with Crippen molar-refractivity contribution in [2.24, 2.45) is 0 Å². The zero-order valence-corrected chi connectivity index (χ0v) is 10.7. The summed E-state index contributed by atoms with van der Waals surface area (Å²) in [7, 11) is 1.67.